The standard InChI is InChI=1S/C19H25NO4/c1-22-19-17(10-9-15(11-12-21)18(19)20)24-14-6-5-13-23-16-7-3-2-4-8-16/h2-4,7-10,21H,5-6,11-14,20H2,1H3. The van der Waals surface area contributed by atoms with Crippen LogP contribution in [0.25, 0.3) is 0 Å². The van der Waals surface area contributed by atoms with Gasteiger partial charge in [0.05, 0.1) is 26.0 Å². The SMILES string of the molecule is COc1c(OCCCCOc2ccccc2)ccc(CCO)c1N. The first-order valence-corrected chi connectivity index (χ1v) is 8.13. The third-order valence-electron chi connectivity index (χ3n) is 3.64. The minimum atomic E-state index is 0.0506. The molecule has 5 heteroatoms. The number of nitrogen functional groups attached to an aromatic ring is 1. The predicted molar refractivity (Wildman–Crippen MR) is 94.9 cm³/mol. The molecule has 2 rings (SSSR count). The fourth-order valence-electron chi connectivity index (χ4n) is 2.38. The maximum absolute atomic E-state index is 9.04. The van der Waals surface area contributed by atoms with Gasteiger partial charge in [0.1, 0.15) is 5.75 Å². The van der Waals surface area contributed by atoms with Crippen LogP contribution >= 0.6 is 0 Å². The van der Waals surface area contributed by atoms with Crippen molar-refractivity contribution in [1.82, 2.24) is 0 Å². The second kappa shape index (κ2) is 9.67. The van der Waals surface area contributed by atoms with Crippen LogP contribution in [-0.4, -0.2) is 32.0 Å². The van der Waals surface area contributed by atoms with Gasteiger partial charge in [-0.05, 0) is 43.0 Å². The Bertz CT molecular complexity index is 616. The lowest BCUT2D eigenvalue weighted by atomic mass is 10.1. The van der Waals surface area contributed by atoms with E-state index in [9.17, 15) is 0 Å². The third kappa shape index (κ3) is 5.06. The number of hydrogen-bond donors (Lipinski definition) is 2. The molecular formula is C19H25NO4. The Labute approximate surface area is 143 Å². The fourth-order valence-corrected chi connectivity index (χ4v) is 2.38. The predicted octanol–water partition coefficient (Wildman–Crippen LogP) is 3.05. The molecule has 0 unspecified atom stereocenters. The smallest absolute Gasteiger partial charge is 0.184 e. The van der Waals surface area contributed by atoms with Gasteiger partial charge >= 0.3 is 0 Å². The molecule has 0 saturated heterocycles. The van der Waals surface area contributed by atoms with Gasteiger partial charge in [-0.2, -0.15) is 0 Å². The Morgan fingerprint density at radius 3 is 2.33 bits per heavy atom. The number of benzene rings is 2. The molecule has 0 radical (unpaired) electrons. The monoisotopic (exact) mass is 331 g/mol. The molecule has 5 nitrogen and oxygen atoms in total. The van der Waals surface area contributed by atoms with E-state index in [2.05, 4.69) is 0 Å². The van der Waals surface area contributed by atoms with Crippen molar-refractivity contribution >= 4 is 5.69 Å². The van der Waals surface area contributed by atoms with Crippen molar-refractivity contribution in [2.24, 2.45) is 0 Å². The normalized spacial score (nSPS) is 10.4. The Morgan fingerprint density at radius 2 is 1.67 bits per heavy atom. The van der Waals surface area contributed by atoms with Crippen LogP contribution in [0.5, 0.6) is 17.2 Å². The lowest BCUT2D eigenvalue weighted by Gasteiger charge is -2.15. The van der Waals surface area contributed by atoms with Gasteiger partial charge in [-0.3, -0.25) is 0 Å². The fraction of sp³-hybridized carbons (Fsp3) is 0.368. The van der Waals surface area contributed by atoms with E-state index in [0.29, 0.717) is 36.8 Å². The van der Waals surface area contributed by atoms with Gasteiger partial charge < -0.3 is 25.1 Å². The van der Waals surface area contributed by atoms with Crippen LogP contribution in [0, 0.1) is 0 Å². The van der Waals surface area contributed by atoms with E-state index in [0.717, 1.165) is 24.2 Å². The molecule has 0 aromatic heterocycles. The molecule has 0 aliphatic rings. The number of para-hydroxylation sites is 1. The molecule has 2 aromatic carbocycles. The van der Waals surface area contributed by atoms with Gasteiger partial charge in [-0.15, -0.1) is 0 Å². The second-order valence-electron chi connectivity index (χ2n) is 5.36. The number of aliphatic hydroxyl groups is 1. The van der Waals surface area contributed by atoms with Crippen molar-refractivity contribution in [3.63, 3.8) is 0 Å². The van der Waals surface area contributed by atoms with Crippen molar-refractivity contribution in [3.05, 3.63) is 48.0 Å². The van der Waals surface area contributed by atoms with Gasteiger partial charge in [0.2, 0.25) is 0 Å². The molecule has 0 atom stereocenters. The minimum Gasteiger partial charge on any atom is -0.494 e. The topological polar surface area (TPSA) is 73.9 Å². The van der Waals surface area contributed by atoms with Gasteiger partial charge in [-0.25, -0.2) is 0 Å². The summed E-state index contributed by atoms with van der Waals surface area (Å²) >= 11 is 0. The van der Waals surface area contributed by atoms with Crippen LogP contribution in [0.4, 0.5) is 5.69 Å². The first kappa shape index (κ1) is 17.9. The zero-order chi connectivity index (χ0) is 17.2. The lowest BCUT2D eigenvalue weighted by Crippen LogP contribution is -2.06. The highest BCUT2D eigenvalue weighted by atomic mass is 16.5. The summed E-state index contributed by atoms with van der Waals surface area (Å²) in [6.45, 7) is 1.27. The molecule has 24 heavy (non-hydrogen) atoms. The molecule has 0 fully saturated rings. The molecule has 130 valence electrons. The summed E-state index contributed by atoms with van der Waals surface area (Å²) in [6.07, 6.45) is 2.27. The molecule has 2 aromatic rings. The molecule has 0 heterocycles. The summed E-state index contributed by atoms with van der Waals surface area (Å²) in [4.78, 5) is 0. The van der Waals surface area contributed by atoms with E-state index in [-0.39, 0.29) is 6.61 Å². The van der Waals surface area contributed by atoms with Crippen LogP contribution in [0.15, 0.2) is 42.5 Å². The van der Waals surface area contributed by atoms with Gasteiger partial charge in [-0.1, -0.05) is 24.3 Å². The molecule has 0 saturated carbocycles. The maximum atomic E-state index is 9.04. The number of aliphatic hydroxyl groups excluding tert-OH is 1. The van der Waals surface area contributed by atoms with Crippen LogP contribution in [0.3, 0.4) is 0 Å². The number of anilines is 1. The van der Waals surface area contributed by atoms with Crippen LogP contribution in [-0.2, 0) is 6.42 Å². The third-order valence-corrected chi connectivity index (χ3v) is 3.64. The molecule has 0 spiro atoms. The first-order chi connectivity index (χ1) is 11.8. The quantitative estimate of drug-likeness (QED) is 0.517. The first-order valence-electron chi connectivity index (χ1n) is 8.13. The Morgan fingerprint density at radius 1 is 0.958 bits per heavy atom. The van der Waals surface area contributed by atoms with Crippen molar-refractivity contribution < 1.29 is 19.3 Å². The minimum absolute atomic E-state index is 0.0506. The van der Waals surface area contributed by atoms with Crippen LogP contribution in [0.2, 0.25) is 0 Å². The average molecular weight is 331 g/mol. The van der Waals surface area contributed by atoms with Crippen LogP contribution in [0.1, 0.15) is 18.4 Å². The lowest BCUT2D eigenvalue weighted by molar-refractivity contribution is 0.258. The summed E-state index contributed by atoms with van der Waals surface area (Å²) in [6, 6.07) is 13.5. The number of nitrogens with two attached hydrogens (primary N) is 1. The molecule has 0 bridgehead atoms. The Kier molecular flexibility index (Phi) is 7.23. The summed E-state index contributed by atoms with van der Waals surface area (Å²) in [5.41, 5.74) is 7.44. The maximum Gasteiger partial charge on any atom is 0.184 e. The van der Waals surface area contributed by atoms with Crippen molar-refractivity contribution in [2.75, 3.05) is 32.7 Å². The van der Waals surface area contributed by atoms with E-state index in [4.69, 9.17) is 25.1 Å². The zero-order valence-corrected chi connectivity index (χ0v) is 14.0. The van der Waals surface area contributed by atoms with Crippen molar-refractivity contribution in [2.45, 2.75) is 19.3 Å². The Balaban J connectivity index is 1.76. The summed E-state index contributed by atoms with van der Waals surface area (Å²) in [7, 11) is 1.56. The van der Waals surface area contributed by atoms with E-state index in [1.54, 1.807) is 7.11 Å². The van der Waals surface area contributed by atoms with E-state index < -0.39 is 0 Å². The molecule has 0 amide bonds. The summed E-state index contributed by atoms with van der Waals surface area (Å²) in [5, 5.41) is 9.04. The summed E-state index contributed by atoms with van der Waals surface area (Å²) < 4.78 is 16.8. The van der Waals surface area contributed by atoms with E-state index in [1.165, 1.54) is 0 Å². The number of methoxy groups -OCH3 is 1. The highest BCUT2D eigenvalue weighted by Crippen LogP contribution is 2.36. The highest BCUT2D eigenvalue weighted by Gasteiger charge is 2.12. The number of hydrogen-bond acceptors (Lipinski definition) is 5. The highest BCUT2D eigenvalue weighted by molar-refractivity contribution is 5.65. The van der Waals surface area contributed by atoms with Gasteiger partial charge in [0.15, 0.2) is 11.5 Å². The number of ether oxygens (including phenoxy) is 3. The number of unbranched alkanes of at least 4 members (excludes halogenated alkanes) is 1. The molecule has 3 N–H and O–H groups in total. The van der Waals surface area contributed by atoms with Crippen molar-refractivity contribution in [1.29, 1.82) is 0 Å². The van der Waals surface area contributed by atoms with Crippen LogP contribution < -0.4 is 19.9 Å². The largest absolute Gasteiger partial charge is 0.494 e. The van der Waals surface area contributed by atoms with Gasteiger partial charge in [0, 0.05) is 6.61 Å². The average Bonchev–Trinajstić information content (AvgIpc) is 2.61. The molecular weight excluding hydrogens is 306 g/mol. The Hall–Kier alpha value is -2.40. The zero-order valence-electron chi connectivity index (χ0n) is 14.0. The molecule has 0 aliphatic heterocycles. The summed E-state index contributed by atoms with van der Waals surface area (Å²) in [5.74, 6) is 2.04. The van der Waals surface area contributed by atoms with E-state index in [1.807, 2.05) is 42.5 Å². The molecule has 0 aliphatic carbocycles. The van der Waals surface area contributed by atoms with Gasteiger partial charge in [0.25, 0.3) is 0 Å². The van der Waals surface area contributed by atoms with E-state index >= 15 is 0 Å². The second-order valence-corrected chi connectivity index (χ2v) is 5.36. The number of rotatable bonds is 10. The van der Waals surface area contributed by atoms with Crippen molar-refractivity contribution in [3.8, 4) is 17.2 Å².